The summed E-state index contributed by atoms with van der Waals surface area (Å²) in [6, 6.07) is 3.68. The Morgan fingerprint density at radius 1 is 1.36 bits per heavy atom. The lowest BCUT2D eigenvalue weighted by Gasteiger charge is -2.27. The highest BCUT2D eigenvalue weighted by Gasteiger charge is 2.21. The van der Waals surface area contributed by atoms with Gasteiger partial charge >= 0.3 is 6.03 Å². The number of aromatic nitrogens is 1. The zero-order chi connectivity index (χ0) is 16.3. The number of hydrogen-bond donors (Lipinski definition) is 1. The average molecular weight is 321 g/mol. The lowest BCUT2D eigenvalue weighted by Crippen LogP contribution is -2.44. The van der Waals surface area contributed by atoms with E-state index in [9.17, 15) is 4.79 Å². The number of hydrogen-bond acceptors (Lipinski definition) is 4. The van der Waals surface area contributed by atoms with Crippen molar-refractivity contribution in [3.05, 3.63) is 39.7 Å². The van der Waals surface area contributed by atoms with E-state index in [2.05, 4.69) is 10.3 Å². The molecule has 2 heterocycles. The molecule has 0 saturated heterocycles. The molecule has 0 bridgehead atoms. The number of amides is 2. The van der Waals surface area contributed by atoms with Crippen molar-refractivity contribution in [2.45, 2.75) is 53.2 Å². The molecule has 2 rings (SSSR count). The van der Waals surface area contributed by atoms with Crippen LogP contribution in [0.15, 0.2) is 22.7 Å². The first-order valence-electron chi connectivity index (χ1n) is 7.41. The average Bonchev–Trinajstić information content (AvgIpc) is 3.04. The van der Waals surface area contributed by atoms with Gasteiger partial charge in [-0.05, 0) is 46.8 Å². The summed E-state index contributed by atoms with van der Waals surface area (Å²) in [5.41, 5.74) is 0. The number of nitrogens with zero attached hydrogens (tertiary/aromatic N) is 2. The summed E-state index contributed by atoms with van der Waals surface area (Å²) in [5.74, 6) is 1.64. The van der Waals surface area contributed by atoms with Crippen LogP contribution in [0.4, 0.5) is 4.79 Å². The van der Waals surface area contributed by atoms with E-state index in [1.165, 1.54) is 0 Å². The minimum absolute atomic E-state index is 0.0793. The first kappa shape index (κ1) is 16.5. The summed E-state index contributed by atoms with van der Waals surface area (Å²) in [6.45, 7) is 10.3. The largest absolute Gasteiger partial charge is 0.464 e. The summed E-state index contributed by atoms with van der Waals surface area (Å²) >= 11 is 1.60. The first-order valence-corrected chi connectivity index (χ1v) is 8.23. The van der Waals surface area contributed by atoms with E-state index in [0.29, 0.717) is 6.54 Å². The van der Waals surface area contributed by atoms with Crippen LogP contribution in [-0.4, -0.2) is 22.0 Å². The molecule has 2 aromatic heterocycles. The number of rotatable bonds is 5. The maximum atomic E-state index is 12.5. The summed E-state index contributed by atoms with van der Waals surface area (Å²) < 4.78 is 5.58. The number of carbonyl (C=O) groups is 1. The fourth-order valence-corrected chi connectivity index (χ4v) is 2.91. The number of thiazole rings is 1. The quantitative estimate of drug-likeness (QED) is 0.904. The van der Waals surface area contributed by atoms with Gasteiger partial charge in [0.15, 0.2) is 0 Å². The van der Waals surface area contributed by atoms with Crippen LogP contribution in [-0.2, 0) is 6.54 Å². The van der Waals surface area contributed by atoms with Gasteiger partial charge in [-0.15, -0.1) is 11.3 Å². The van der Waals surface area contributed by atoms with E-state index in [1.54, 1.807) is 16.2 Å². The van der Waals surface area contributed by atoms with E-state index in [1.807, 2.05) is 52.9 Å². The van der Waals surface area contributed by atoms with E-state index in [-0.39, 0.29) is 18.1 Å². The Hall–Kier alpha value is -1.82. The molecule has 120 valence electrons. The standard InChI is InChI=1S/C16H23N3O2S/c1-10(2)19(9-14-7-6-11(3)21-14)16(20)18-13(5)15-17-8-12(4)22-15/h6-8,10,13H,9H2,1-5H3,(H,18,20)/t13-/m0/s1. The molecular formula is C16H23N3O2S. The number of carbonyl (C=O) groups excluding carboxylic acids is 1. The van der Waals surface area contributed by atoms with Gasteiger partial charge < -0.3 is 14.6 Å². The molecule has 0 spiro atoms. The van der Waals surface area contributed by atoms with Crippen LogP contribution < -0.4 is 5.32 Å². The highest BCUT2D eigenvalue weighted by atomic mass is 32.1. The molecule has 22 heavy (non-hydrogen) atoms. The minimum atomic E-state index is -0.107. The number of furan rings is 1. The van der Waals surface area contributed by atoms with Gasteiger partial charge in [0, 0.05) is 17.1 Å². The second kappa shape index (κ2) is 6.96. The van der Waals surface area contributed by atoms with Gasteiger partial charge in [0.1, 0.15) is 16.5 Å². The lowest BCUT2D eigenvalue weighted by molar-refractivity contribution is 0.170. The Labute approximate surface area is 135 Å². The van der Waals surface area contributed by atoms with Crippen molar-refractivity contribution in [1.82, 2.24) is 15.2 Å². The van der Waals surface area contributed by atoms with Crippen molar-refractivity contribution >= 4 is 17.4 Å². The van der Waals surface area contributed by atoms with E-state index in [0.717, 1.165) is 21.4 Å². The molecule has 0 aliphatic carbocycles. The molecule has 5 nitrogen and oxygen atoms in total. The minimum Gasteiger partial charge on any atom is -0.464 e. The topological polar surface area (TPSA) is 58.4 Å². The number of urea groups is 1. The zero-order valence-corrected chi connectivity index (χ0v) is 14.5. The Morgan fingerprint density at radius 2 is 2.09 bits per heavy atom. The first-order chi connectivity index (χ1) is 10.4. The molecule has 6 heteroatoms. The molecule has 0 saturated carbocycles. The van der Waals surface area contributed by atoms with Crippen molar-refractivity contribution in [3.8, 4) is 0 Å². The van der Waals surface area contributed by atoms with Crippen LogP contribution in [0.25, 0.3) is 0 Å². The predicted octanol–water partition coefficient (Wildman–Crippen LogP) is 4.03. The second-order valence-corrected chi connectivity index (χ2v) is 6.98. The third-order valence-corrected chi connectivity index (χ3v) is 4.45. The SMILES string of the molecule is Cc1ccc(CN(C(=O)N[C@@H](C)c2ncc(C)s2)C(C)C)o1. The van der Waals surface area contributed by atoms with Crippen LogP contribution in [0.2, 0.25) is 0 Å². The molecule has 0 radical (unpaired) electrons. The molecule has 0 aromatic carbocycles. The third kappa shape index (κ3) is 4.10. The Balaban J connectivity index is 2.03. The number of aryl methyl sites for hydroxylation is 2. The highest BCUT2D eigenvalue weighted by molar-refractivity contribution is 7.11. The smallest absolute Gasteiger partial charge is 0.318 e. The Bertz CT molecular complexity index is 633. The van der Waals surface area contributed by atoms with Gasteiger partial charge in [-0.3, -0.25) is 0 Å². The van der Waals surface area contributed by atoms with Gasteiger partial charge in [0.25, 0.3) is 0 Å². The van der Waals surface area contributed by atoms with Gasteiger partial charge in [-0.1, -0.05) is 0 Å². The molecule has 0 unspecified atom stereocenters. The molecule has 0 aliphatic heterocycles. The van der Waals surface area contributed by atoms with Gasteiger partial charge in [0.05, 0.1) is 12.6 Å². The molecule has 1 N–H and O–H groups in total. The van der Waals surface area contributed by atoms with E-state index < -0.39 is 0 Å². The molecule has 2 amide bonds. The Kier molecular flexibility index (Phi) is 5.24. The van der Waals surface area contributed by atoms with Crippen LogP contribution in [0.5, 0.6) is 0 Å². The van der Waals surface area contributed by atoms with Crippen molar-refractivity contribution < 1.29 is 9.21 Å². The van der Waals surface area contributed by atoms with Gasteiger partial charge in [-0.25, -0.2) is 9.78 Å². The third-order valence-electron chi connectivity index (χ3n) is 3.36. The zero-order valence-electron chi connectivity index (χ0n) is 13.7. The van der Waals surface area contributed by atoms with Crippen molar-refractivity contribution in [2.75, 3.05) is 0 Å². The second-order valence-electron chi connectivity index (χ2n) is 5.71. The maximum Gasteiger partial charge on any atom is 0.318 e. The van der Waals surface area contributed by atoms with Gasteiger partial charge in [-0.2, -0.15) is 0 Å². The summed E-state index contributed by atoms with van der Waals surface area (Å²) in [7, 11) is 0. The molecule has 0 fully saturated rings. The van der Waals surface area contributed by atoms with Crippen LogP contribution in [0.1, 0.15) is 48.2 Å². The lowest BCUT2D eigenvalue weighted by atomic mass is 10.3. The normalized spacial score (nSPS) is 12.5. The van der Waals surface area contributed by atoms with Crippen LogP contribution >= 0.6 is 11.3 Å². The molecule has 0 aliphatic rings. The maximum absolute atomic E-state index is 12.5. The predicted molar refractivity (Wildman–Crippen MR) is 87.9 cm³/mol. The summed E-state index contributed by atoms with van der Waals surface area (Å²) in [6.07, 6.45) is 1.83. The van der Waals surface area contributed by atoms with E-state index in [4.69, 9.17) is 4.42 Å². The fraction of sp³-hybridized carbons (Fsp3) is 0.500. The molecular weight excluding hydrogens is 298 g/mol. The summed E-state index contributed by atoms with van der Waals surface area (Å²) in [4.78, 5) is 19.8. The number of nitrogens with one attached hydrogen (secondary N) is 1. The monoisotopic (exact) mass is 321 g/mol. The fourth-order valence-electron chi connectivity index (χ4n) is 2.13. The molecule has 1 atom stereocenters. The van der Waals surface area contributed by atoms with Crippen LogP contribution in [0.3, 0.4) is 0 Å². The Morgan fingerprint density at radius 3 is 2.59 bits per heavy atom. The van der Waals surface area contributed by atoms with E-state index >= 15 is 0 Å². The van der Waals surface area contributed by atoms with Crippen molar-refractivity contribution in [3.63, 3.8) is 0 Å². The van der Waals surface area contributed by atoms with Crippen molar-refractivity contribution in [2.24, 2.45) is 0 Å². The van der Waals surface area contributed by atoms with Crippen molar-refractivity contribution in [1.29, 1.82) is 0 Å². The summed E-state index contributed by atoms with van der Waals surface area (Å²) in [5, 5.41) is 3.93. The highest BCUT2D eigenvalue weighted by Crippen LogP contribution is 2.20. The van der Waals surface area contributed by atoms with Crippen LogP contribution in [0, 0.1) is 13.8 Å². The molecule has 2 aromatic rings. The van der Waals surface area contributed by atoms with Gasteiger partial charge in [0.2, 0.25) is 0 Å².